The van der Waals surface area contributed by atoms with Crippen LogP contribution in [0.4, 0.5) is 5.69 Å². The smallest absolute Gasteiger partial charge is 0.338 e. The minimum Gasteiger partial charge on any atom is -0.478 e. The molecule has 5 nitrogen and oxygen atoms in total. The first-order valence-corrected chi connectivity index (χ1v) is 6.26. The van der Waals surface area contributed by atoms with E-state index in [4.69, 9.17) is 15.6 Å². The number of nitrogens with zero attached hydrogens (tertiary/aromatic N) is 1. The number of aromatic carboxylic acids is 1. The van der Waals surface area contributed by atoms with Crippen LogP contribution >= 0.6 is 0 Å². The van der Waals surface area contributed by atoms with Crippen molar-refractivity contribution < 1.29 is 14.6 Å². The molecule has 1 aromatic heterocycles. The van der Waals surface area contributed by atoms with Gasteiger partial charge in [0.2, 0.25) is 5.88 Å². The van der Waals surface area contributed by atoms with Crippen LogP contribution in [0.3, 0.4) is 0 Å². The van der Waals surface area contributed by atoms with E-state index in [1.807, 2.05) is 0 Å². The summed E-state index contributed by atoms with van der Waals surface area (Å²) in [4.78, 5) is 14.8. The number of nitrogens with two attached hydrogens (primary N) is 1. The number of carboxylic acids is 1. The summed E-state index contributed by atoms with van der Waals surface area (Å²) < 4.78 is 5.40. The lowest BCUT2D eigenvalue weighted by molar-refractivity contribution is 0.0697. The number of pyridine rings is 1. The lowest BCUT2D eigenvalue weighted by Crippen LogP contribution is -2.05. The van der Waals surface area contributed by atoms with Gasteiger partial charge in [0.15, 0.2) is 0 Å². The van der Waals surface area contributed by atoms with E-state index in [-0.39, 0.29) is 11.3 Å². The molecule has 1 aromatic rings. The van der Waals surface area contributed by atoms with Gasteiger partial charge in [-0.3, -0.25) is 0 Å². The van der Waals surface area contributed by atoms with Crippen molar-refractivity contribution in [1.29, 1.82) is 0 Å². The maximum atomic E-state index is 10.9. The summed E-state index contributed by atoms with van der Waals surface area (Å²) in [6.45, 7) is 2.72. The normalized spacial score (nSPS) is 10.3. The average Bonchev–Trinajstić information content (AvgIpc) is 2.35. The van der Waals surface area contributed by atoms with Gasteiger partial charge < -0.3 is 15.6 Å². The number of hydrogen-bond acceptors (Lipinski definition) is 4. The Hall–Kier alpha value is -1.78. The summed E-state index contributed by atoms with van der Waals surface area (Å²) in [6.07, 6.45) is 7.04. The highest BCUT2D eigenvalue weighted by Gasteiger charge is 2.10. The van der Waals surface area contributed by atoms with Gasteiger partial charge in [0.05, 0.1) is 24.1 Å². The molecule has 0 saturated heterocycles. The first-order chi connectivity index (χ1) is 8.65. The maximum absolute atomic E-state index is 10.9. The Kier molecular flexibility index (Phi) is 5.97. The first kappa shape index (κ1) is 14.3. The van der Waals surface area contributed by atoms with Crippen molar-refractivity contribution in [3.05, 3.63) is 17.8 Å². The van der Waals surface area contributed by atoms with Gasteiger partial charge in [-0.2, -0.15) is 0 Å². The monoisotopic (exact) mass is 252 g/mol. The summed E-state index contributed by atoms with van der Waals surface area (Å²) in [5, 5.41) is 8.90. The molecule has 0 unspecified atom stereocenters. The van der Waals surface area contributed by atoms with Gasteiger partial charge >= 0.3 is 5.97 Å². The zero-order valence-corrected chi connectivity index (χ0v) is 10.7. The van der Waals surface area contributed by atoms with Crippen molar-refractivity contribution in [2.24, 2.45) is 0 Å². The van der Waals surface area contributed by atoms with Crippen LogP contribution < -0.4 is 10.5 Å². The summed E-state index contributed by atoms with van der Waals surface area (Å²) in [5.41, 5.74) is 5.69. The molecule has 0 spiro atoms. The molecule has 5 heteroatoms. The van der Waals surface area contributed by atoms with Gasteiger partial charge in [-0.25, -0.2) is 9.78 Å². The quantitative estimate of drug-likeness (QED) is 0.695. The molecule has 0 radical (unpaired) electrons. The minimum atomic E-state index is -1.07. The number of anilines is 1. The summed E-state index contributed by atoms with van der Waals surface area (Å²) in [5.74, 6) is -0.750. The summed E-state index contributed by atoms with van der Waals surface area (Å²) >= 11 is 0. The Morgan fingerprint density at radius 2 is 2.11 bits per heavy atom. The van der Waals surface area contributed by atoms with E-state index >= 15 is 0 Å². The number of hydrogen-bond donors (Lipinski definition) is 2. The highest BCUT2D eigenvalue weighted by atomic mass is 16.5. The molecule has 0 bridgehead atoms. The van der Waals surface area contributed by atoms with Crippen molar-refractivity contribution in [2.75, 3.05) is 12.3 Å². The van der Waals surface area contributed by atoms with Crippen LogP contribution in [-0.4, -0.2) is 22.7 Å². The van der Waals surface area contributed by atoms with Crippen LogP contribution in [0.25, 0.3) is 0 Å². The van der Waals surface area contributed by atoms with Crippen LogP contribution in [0.1, 0.15) is 49.4 Å². The van der Waals surface area contributed by atoms with Gasteiger partial charge in [-0.05, 0) is 6.42 Å². The highest BCUT2D eigenvalue weighted by molar-refractivity contribution is 5.93. The third kappa shape index (κ3) is 4.61. The van der Waals surface area contributed by atoms with E-state index < -0.39 is 5.97 Å². The zero-order chi connectivity index (χ0) is 13.4. The number of ether oxygens (including phenoxy) is 1. The SMILES string of the molecule is CCCCCCCOc1cc(C(=O)O)c(N)cn1. The van der Waals surface area contributed by atoms with Crippen LogP contribution in [0.5, 0.6) is 5.88 Å². The van der Waals surface area contributed by atoms with Crippen molar-refractivity contribution in [1.82, 2.24) is 4.98 Å². The van der Waals surface area contributed by atoms with Crippen molar-refractivity contribution in [3.63, 3.8) is 0 Å². The van der Waals surface area contributed by atoms with Crippen molar-refractivity contribution >= 4 is 11.7 Å². The van der Waals surface area contributed by atoms with Gasteiger partial charge in [0.25, 0.3) is 0 Å². The number of aromatic nitrogens is 1. The standard InChI is InChI=1S/C13H20N2O3/c1-2-3-4-5-6-7-18-12-8-10(13(16)17)11(14)9-15-12/h8-9H,2-7,14H2,1H3,(H,16,17). The summed E-state index contributed by atoms with van der Waals surface area (Å²) in [7, 11) is 0. The Labute approximate surface area is 107 Å². The van der Waals surface area contributed by atoms with E-state index in [1.54, 1.807) is 0 Å². The molecule has 0 amide bonds. The second-order valence-electron chi connectivity index (χ2n) is 4.18. The van der Waals surface area contributed by atoms with Crippen LogP contribution in [0, 0.1) is 0 Å². The van der Waals surface area contributed by atoms with Gasteiger partial charge in [-0.1, -0.05) is 32.6 Å². The third-order valence-corrected chi connectivity index (χ3v) is 2.64. The number of carbonyl (C=O) groups is 1. The molecule has 0 fully saturated rings. The molecule has 18 heavy (non-hydrogen) atoms. The molecule has 1 rings (SSSR count). The number of unbranched alkanes of at least 4 members (excludes halogenated alkanes) is 4. The van der Waals surface area contributed by atoms with Crippen LogP contribution in [0.2, 0.25) is 0 Å². The number of carboxylic acid groups (broad SMARTS) is 1. The maximum Gasteiger partial charge on any atom is 0.338 e. The molecule has 0 aliphatic heterocycles. The molecule has 0 aliphatic carbocycles. The Morgan fingerprint density at radius 3 is 2.78 bits per heavy atom. The average molecular weight is 252 g/mol. The van der Waals surface area contributed by atoms with E-state index in [1.165, 1.54) is 31.5 Å². The first-order valence-electron chi connectivity index (χ1n) is 6.26. The Balaban J connectivity index is 2.38. The molecule has 100 valence electrons. The van der Waals surface area contributed by atoms with E-state index in [2.05, 4.69) is 11.9 Å². The zero-order valence-electron chi connectivity index (χ0n) is 10.7. The molecule has 0 aliphatic rings. The molecule has 0 saturated carbocycles. The fourth-order valence-corrected chi connectivity index (χ4v) is 1.59. The predicted molar refractivity (Wildman–Crippen MR) is 69.9 cm³/mol. The lowest BCUT2D eigenvalue weighted by atomic mass is 10.2. The lowest BCUT2D eigenvalue weighted by Gasteiger charge is -2.07. The molecule has 0 atom stereocenters. The second-order valence-corrected chi connectivity index (χ2v) is 4.18. The molecular weight excluding hydrogens is 232 g/mol. The fourth-order valence-electron chi connectivity index (χ4n) is 1.59. The van der Waals surface area contributed by atoms with E-state index in [0.29, 0.717) is 12.5 Å². The largest absolute Gasteiger partial charge is 0.478 e. The second kappa shape index (κ2) is 7.53. The van der Waals surface area contributed by atoms with E-state index in [9.17, 15) is 4.79 Å². The number of nitrogen functional groups attached to an aromatic ring is 1. The number of rotatable bonds is 8. The molecule has 1 heterocycles. The topological polar surface area (TPSA) is 85.4 Å². The van der Waals surface area contributed by atoms with Gasteiger partial charge in [0.1, 0.15) is 0 Å². The molecule has 3 N–H and O–H groups in total. The van der Waals surface area contributed by atoms with Crippen LogP contribution in [0.15, 0.2) is 12.3 Å². The Morgan fingerprint density at radius 1 is 1.39 bits per heavy atom. The van der Waals surface area contributed by atoms with Crippen LogP contribution in [-0.2, 0) is 0 Å². The Bertz CT molecular complexity index is 394. The predicted octanol–water partition coefficient (Wildman–Crippen LogP) is 2.71. The molecule has 0 aromatic carbocycles. The third-order valence-electron chi connectivity index (χ3n) is 2.64. The fraction of sp³-hybridized carbons (Fsp3) is 0.538. The summed E-state index contributed by atoms with van der Waals surface area (Å²) in [6, 6.07) is 1.36. The van der Waals surface area contributed by atoms with Crippen molar-refractivity contribution in [2.45, 2.75) is 39.0 Å². The van der Waals surface area contributed by atoms with E-state index in [0.717, 1.165) is 12.8 Å². The highest BCUT2D eigenvalue weighted by Crippen LogP contribution is 2.16. The van der Waals surface area contributed by atoms with Gasteiger partial charge in [-0.15, -0.1) is 0 Å². The van der Waals surface area contributed by atoms with Crippen molar-refractivity contribution in [3.8, 4) is 5.88 Å². The molecular formula is C13H20N2O3. The van der Waals surface area contributed by atoms with Gasteiger partial charge in [0, 0.05) is 6.07 Å². The minimum absolute atomic E-state index is 0.0333.